The summed E-state index contributed by atoms with van der Waals surface area (Å²) in [5, 5.41) is 0. The van der Waals surface area contributed by atoms with Crippen LogP contribution in [0.15, 0.2) is 16.9 Å². The van der Waals surface area contributed by atoms with Gasteiger partial charge in [0.15, 0.2) is 0 Å². The van der Waals surface area contributed by atoms with Gasteiger partial charge in [-0.15, -0.1) is 0 Å². The van der Waals surface area contributed by atoms with E-state index in [-0.39, 0.29) is 6.10 Å². The third-order valence-corrected chi connectivity index (χ3v) is 2.51. The van der Waals surface area contributed by atoms with E-state index in [1.807, 2.05) is 6.92 Å². The van der Waals surface area contributed by atoms with Crippen LogP contribution in [0.1, 0.15) is 18.6 Å². The second kappa shape index (κ2) is 4.58. The largest absolute Gasteiger partial charge is 0.495 e. The molecule has 0 aliphatic carbocycles. The molecule has 4 heteroatoms. The molecule has 0 radical (unpaired) electrons. The number of rotatable bonds is 3. The van der Waals surface area contributed by atoms with Gasteiger partial charge in [0.05, 0.1) is 19.4 Å². The Hall–Kier alpha value is -0.610. The van der Waals surface area contributed by atoms with Crippen LogP contribution in [0.3, 0.4) is 0 Å². The van der Waals surface area contributed by atoms with E-state index >= 15 is 0 Å². The number of nitrogens with zero attached hydrogens (tertiary/aromatic N) is 1. The SMILES string of the molecule is COc1cncc(Br)c1C(C)OC. The molecule has 1 rings (SSSR count). The van der Waals surface area contributed by atoms with Gasteiger partial charge < -0.3 is 9.47 Å². The normalized spacial score (nSPS) is 12.6. The summed E-state index contributed by atoms with van der Waals surface area (Å²) in [4.78, 5) is 4.00. The average Bonchev–Trinajstić information content (AvgIpc) is 2.16. The summed E-state index contributed by atoms with van der Waals surface area (Å²) in [6, 6.07) is 0. The van der Waals surface area contributed by atoms with Gasteiger partial charge in [0.25, 0.3) is 0 Å². The maximum absolute atomic E-state index is 5.22. The van der Waals surface area contributed by atoms with Gasteiger partial charge in [0, 0.05) is 23.3 Å². The summed E-state index contributed by atoms with van der Waals surface area (Å²) in [7, 11) is 3.28. The molecule has 1 unspecified atom stereocenters. The molecular formula is C9H12BrNO2. The van der Waals surface area contributed by atoms with Crippen LogP contribution in [0.4, 0.5) is 0 Å². The van der Waals surface area contributed by atoms with Crippen molar-refractivity contribution in [3.05, 3.63) is 22.4 Å². The third-order valence-electron chi connectivity index (χ3n) is 1.88. The van der Waals surface area contributed by atoms with Crippen molar-refractivity contribution in [2.24, 2.45) is 0 Å². The first-order valence-corrected chi connectivity index (χ1v) is 4.70. The maximum atomic E-state index is 5.22. The lowest BCUT2D eigenvalue weighted by Gasteiger charge is -2.15. The molecule has 1 aromatic heterocycles. The highest BCUT2D eigenvalue weighted by Gasteiger charge is 2.14. The van der Waals surface area contributed by atoms with Crippen LogP contribution in [0.5, 0.6) is 5.75 Å². The van der Waals surface area contributed by atoms with Crippen molar-refractivity contribution < 1.29 is 9.47 Å². The van der Waals surface area contributed by atoms with Crippen molar-refractivity contribution in [2.75, 3.05) is 14.2 Å². The van der Waals surface area contributed by atoms with Crippen LogP contribution >= 0.6 is 15.9 Å². The van der Waals surface area contributed by atoms with Crippen molar-refractivity contribution in [1.29, 1.82) is 0 Å². The number of methoxy groups -OCH3 is 2. The zero-order valence-electron chi connectivity index (χ0n) is 7.87. The van der Waals surface area contributed by atoms with Gasteiger partial charge in [-0.3, -0.25) is 4.98 Å². The first kappa shape index (κ1) is 10.5. The Bertz CT molecular complexity index is 291. The number of pyridine rings is 1. The van der Waals surface area contributed by atoms with Crippen LogP contribution in [-0.2, 0) is 4.74 Å². The van der Waals surface area contributed by atoms with Gasteiger partial charge >= 0.3 is 0 Å². The molecule has 0 saturated heterocycles. The smallest absolute Gasteiger partial charge is 0.144 e. The molecule has 0 saturated carbocycles. The summed E-state index contributed by atoms with van der Waals surface area (Å²) in [5.74, 6) is 0.740. The summed E-state index contributed by atoms with van der Waals surface area (Å²) in [5.41, 5.74) is 0.986. The molecule has 1 atom stereocenters. The van der Waals surface area contributed by atoms with Crippen LogP contribution in [0.25, 0.3) is 0 Å². The lowest BCUT2D eigenvalue weighted by Crippen LogP contribution is -2.01. The van der Waals surface area contributed by atoms with E-state index in [9.17, 15) is 0 Å². The first-order chi connectivity index (χ1) is 6.20. The Kier molecular flexibility index (Phi) is 3.69. The molecule has 3 nitrogen and oxygen atoms in total. The molecule has 0 aromatic carbocycles. The zero-order chi connectivity index (χ0) is 9.84. The van der Waals surface area contributed by atoms with E-state index in [1.165, 1.54) is 0 Å². The van der Waals surface area contributed by atoms with Crippen LogP contribution < -0.4 is 4.74 Å². The van der Waals surface area contributed by atoms with Crippen LogP contribution in [-0.4, -0.2) is 19.2 Å². The lowest BCUT2D eigenvalue weighted by atomic mass is 10.1. The average molecular weight is 246 g/mol. The molecule has 72 valence electrons. The molecule has 0 aliphatic heterocycles. The molecular weight excluding hydrogens is 234 g/mol. The maximum Gasteiger partial charge on any atom is 0.144 e. The number of aromatic nitrogens is 1. The van der Waals surface area contributed by atoms with E-state index in [2.05, 4.69) is 20.9 Å². The van der Waals surface area contributed by atoms with E-state index in [0.29, 0.717) is 0 Å². The van der Waals surface area contributed by atoms with Gasteiger partial charge in [-0.2, -0.15) is 0 Å². The Morgan fingerprint density at radius 2 is 2.08 bits per heavy atom. The Morgan fingerprint density at radius 3 is 2.62 bits per heavy atom. The minimum Gasteiger partial charge on any atom is -0.495 e. The minimum absolute atomic E-state index is 0.00711. The van der Waals surface area contributed by atoms with Crippen molar-refractivity contribution in [2.45, 2.75) is 13.0 Å². The zero-order valence-corrected chi connectivity index (χ0v) is 9.46. The fourth-order valence-corrected chi connectivity index (χ4v) is 1.74. The van der Waals surface area contributed by atoms with Gasteiger partial charge in [-0.1, -0.05) is 0 Å². The fourth-order valence-electron chi connectivity index (χ4n) is 1.10. The molecule has 0 bridgehead atoms. The summed E-state index contributed by atoms with van der Waals surface area (Å²) < 4.78 is 11.3. The van der Waals surface area contributed by atoms with Crippen LogP contribution in [0.2, 0.25) is 0 Å². The molecule has 13 heavy (non-hydrogen) atoms. The van der Waals surface area contributed by atoms with Gasteiger partial charge in [-0.25, -0.2) is 0 Å². The predicted molar refractivity (Wildman–Crippen MR) is 53.9 cm³/mol. The monoisotopic (exact) mass is 245 g/mol. The molecule has 0 amide bonds. The second-order valence-electron chi connectivity index (χ2n) is 2.62. The third kappa shape index (κ3) is 2.19. The molecule has 1 aromatic rings. The van der Waals surface area contributed by atoms with Gasteiger partial charge in [-0.05, 0) is 22.9 Å². The van der Waals surface area contributed by atoms with E-state index < -0.39 is 0 Å². The summed E-state index contributed by atoms with van der Waals surface area (Å²) in [6.45, 7) is 1.96. The predicted octanol–water partition coefficient (Wildman–Crippen LogP) is 2.56. The molecule has 1 heterocycles. The quantitative estimate of drug-likeness (QED) is 0.821. The number of hydrogen-bond acceptors (Lipinski definition) is 3. The number of halogens is 1. The second-order valence-corrected chi connectivity index (χ2v) is 3.47. The molecule has 0 fully saturated rings. The number of hydrogen-bond donors (Lipinski definition) is 0. The van der Waals surface area contributed by atoms with Crippen molar-refractivity contribution in [1.82, 2.24) is 4.98 Å². The summed E-state index contributed by atoms with van der Waals surface area (Å²) in [6.07, 6.45) is 3.40. The Labute approximate surface area is 86.2 Å². The highest BCUT2D eigenvalue weighted by atomic mass is 79.9. The van der Waals surface area contributed by atoms with E-state index in [4.69, 9.17) is 9.47 Å². The fraction of sp³-hybridized carbons (Fsp3) is 0.444. The van der Waals surface area contributed by atoms with Crippen molar-refractivity contribution in [3.63, 3.8) is 0 Å². The van der Waals surface area contributed by atoms with Crippen LogP contribution in [0, 0.1) is 0 Å². The van der Waals surface area contributed by atoms with Crippen molar-refractivity contribution >= 4 is 15.9 Å². The molecule has 0 spiro atoms. The highest BCUT2D eigenvalue weighted by Crippen LogP contribution is 2.32. The first-order valence-electron chi connectivity index (χ1n) is 3.91. The summed E-state index contributed by atoms with van der Waals surface area (Å²) >= 11 is 3.41. The lowest BCUT2D eigenvalue weighted by molar-refractivity contribution is 0.116. The van der Waals surface area contributed by atoms with Gasteiger partial charge in [0.1, 0.15) is 5.75 Å². The Balaban J connectivity index is 3.14. The molecule has 0 aliphatic rings. The topological polar surface area (TPSA) is 31.4 Å². The van der Waals surface area contributed by atoms with E-state index in [0.717, 1.165) is 15.8 Å². The standard InChI is InChI=1S/C9H12BrNO2/c1-6(12-2)9-7(10)4-11-5-8(9)13-3/h4-6H,1-3H3. The molecule has 0 N–H and O–H groups in total. The van der Waals surface area contributed by atoms with Gasteiger partial charge in [0.2, 0.25) is 0 Å². The van der Waals surface area contributed by atoms with E-state index in [1.54, 1.807) is 26.6 Å². The van der Waals surface area contributed by atoms with Crippen molar-refractivity contribution in [3.8, 4) is 5.75 Å². The minimum atomic E-state index is -0.00711. The number of ether oxygens (including phenoxy) is 2. The highest BCUT2D eigenvalue weighted by molar-refractivity contribution is 9.10. The Morgan fingerprint density at radius 1 is 1.38 bits per heavy atom.